The van der Waals surface area contributed by atoms with E-state index < -0.39 is 12.0 Å². The molecule has 0 aliphatic carbocycles. The van der Waals surface area contributed by atoms with Crippen LogP contribution in [0.3, 0.4) is 0 Å². The van der Waals surface area contributed by atoms with Crippen LogP contribution in [0.15, 0.2) is 30.3 Å². The minimum atomic E-state index is -0.520. The lowest BCUT2D eigenvalue weighted by atomic mass is 10.1. The SMILES string of the molecule is Cc1ccc2nc(NC(=O)c3cc(Cl)cc(C)c3OC(=O)N3CCOCC3)sc2c1. The van der Waals surface area contributed by atoms with Crippen molar-refractivity contribution in [1.82, 2.24) is 9.88 Å². The number of aromatic nitrogens is 1. The maximum Gasteiger partial charge on any atom is 0.415 e. The highest BCUT2D eigenvalue weighted by molar-refractivity contribution is 7.22. The van der Waals surface area contributed by atoms with E-state index in [2.05, 4.69) is 10.3 Å². The number of amides is 2. The summed E-state index contributed by atoms with van der Waals surface area (Å²) >= 11 is 7.55. The van der Waals surface area contributed by atoms with Crippen LogP contribution in [-0.2, 0) is 4.74 Å². The molecule has 156 valence electrons. The molecule has 0 atom stereocenters. The highest BCUT2D eigenvalue weighted by atomic mass is 35.5. The van der Waals surface area contributed by atoms with Gasteiger partial charge in [0.2, 0.25) is 0 Å². The molecule has 1 aliphatic heterocycles. The van der Waals surface area contributed by atoms with Gasteiger partial charge in [-0.1, -0.05) is 29.0 Å². The molecular formula is C21H20ClN3O4S. The van der Waals surface area contributed by atoms with Crippen molar-refractivity contribution in [3.05, 3.63) is 52.0 Å². The second kappa shape index (κ2) is 8.59. The Hall–Kier alpha value is -2.68. The van der Waals surface area contributed by atoms with Crippen LogP contribution in [0.4, 0.5) is 9.93 Å². The zero-order valence-electron chi connectivity index (χ0n) is 16.5. The number of ether oxygens (including phenoxy) is 2. The number of carbonyl (C=O) groups excluding carboxylic acids is 2. The summed E-state index contributed by atoms with van der Waals surface area (Å²) in [6, 6.07) is 9.04. The van der Waals surface area contributed by atoms with Gasteiger partial charge >= 0.3 is 6.09 Å². The van der Waals surface area contributed by atoms with Crippen molar-refractivity contribution >= 4 is 50.3 Å². The third-order valence-electron chi connectivity index (χ3n) is 4.71. The summed E-state index contributed by atoms with van der Waals surface area (Å²) in [4.78, 5) is 31.6. The number of benzene rings is 2. The van der Waals surface area contributed by atoms with Crippen molar-refractivity contribution in [1.29, 1.82) is 0 Å². The number of nitrogens with one attached hydrogen (secondary N) is 1. The molecule has 2 heterocycles. The van der Waals surface area contributed by atoms with Crippen LogP contribution >= 0.6 is 22.9 Å². The van der Waals surface area contributed by atoms with E-state index in [9.17, 15) is 9.59 Å². The molecule has 2 aromatic carbocycles. The maximum absolute atomic E-state index is 13.0. The topological polar surface area (TPSA) is 80.8 Å². The lowest BCUT2D eigenvalue weighted by molar-refractivity contribution is 0.0414. The number of rotatable bonds is 3. The van der Waals surface area contributed by atoms with Crippen LogP contribution in [0.25, 0.3) is 10.2 Å². The number of hydrogen-bond acceptors (Lipinski definition) is 6. The molecule has 30 heavy (non-hydrogen) atoms. The first-order chi connectivity index (χ1) is 14.4. The number of fused-ring (bicyclic) bond motifs is 1. The van der Waals surface area contributed by atoms with Crippen molar-refractivity contribution in [2.24, 2.45) is 0 Å². The molecule has 0 radical (unpaired) electrons. The zero-order valence-corrected chi connectivity index (χ0v) is 18.1. The molecule has 0 spiro atoms. The predicted octanol–water partition coefficient (Wildman–Crippen LogP) is 4.65. The van der Waals surface area contributed by atoms with Gasteiger partial charge in [0.05, 0.1) is 29.0 Å². The second-order valence-electron chi connectivity index (χ2n) is 7.01. The summed E-state index contributed by atoms with van der Waals surface area (Å²) < 4.78 is 11.8. The molecular weight excluding hydrogens is 426 g/mol. The van der Waals surface area contributed by atoms with Crippen LogP contribution in [0, 0.1) is 13.8 Å². The van der Waals surface area contributed by atoms with Crippen molar-refractivity contribution in [2.75, 3.05) is 31.6 Å². The summed E-state index contributed by atoms with van der Waals surface area (Å²) in [5.74, 6) is -0.258. The van der Waals surface area contributed by atoms with E-state index in [0.717, 1.165) is 15.8 Å². The predicted molar refractivity (Wildman–Crippen MR) is 117 cm³/mol. The minimum Gasteiger partial charge on any atom is -0.409 e. The molecule has 2 amide bonds. The Balaban J connectivity index is 1.60. The minimum absolute atomic E-state index is 0.178. The molecule has 0 saturated carbocycles. The van der Waals surface area contributed by atoms with Gasteiger partial charge in [-0.05, 0) is 49.2 Å². The van der Waals surface area contributed by atoms with Crippen molar-refractivity contribution in [3.63, 3.8) is 0 Å². The van der Waals surface area contributed by atoms with E-state index in [0.29, 0.717) is 42.0 Å². The fourth-order valence-electron chi connectivity index (χ4n) is 3.18. The van der Waals surface area contributed by atoms with Gasteiger partial charge in [0.1, 0.15) is 5.75 Å². The van der Waals surface area contributed by atoms with Crippen molar-refractivity contribution < 1.29 is 19.1 Å². The highest BCUT2D eigenvalue weighted by Crippen LogP contribution is 2.31. The number of morpholine rings is 1. The van der Waals surface area contributed by atoms with E-state index in [1.165, 1.54) is 17.4 Å². The molecule has 9 heteroatoms. The number of carbonyl (C=O) groups is 2. The second-order valence-corrected chi connectivity index (χ2v) is 8.48. The standard InChI is InChI=1S/C21H20ClN3O4S/c1-12-3-4-16-17(9-12)30-20(23-16)24-19(26)15-11-14(22)10-13(2)18(15)29-21(27)25-5-7-28-8-6-25/h3-4,9-11H,5-8H2,1-2H3,(H,23,24,26). The van der Waals surface area contributed by atoms with E-state index in [1.807, 2.05) is 25.1 Å². The first-order valence-corrected chi connectivity index (χ1v) is 10.6. The summed E-state index contributed by atoms with van der Waals surface area (Å²) in [6.07, 6.45) is -0.520. The average molecular weight is 446 g/mol. The number of halogens is 1. The molecule has 0 bridgehead atoms. The molecule has 1 N–H and O–H groups in total. The molecule has 1 fully saturated rings. The fourth-order valence-corrected chi connectivity index (χ4v) is 4.41. The Morgan fingerprint density at radius 1 is 1.20 bits per heavy atom. The third-order valence-corrected chi connectivity index (χ3v) is 5.86. The normalized spacial score (nSPS) is 14.0. The number of hydrogen-bond donors (Lipinski definition) is 1. The molecule has 1 aromatic heterocycles. The fraction of sp³-hybridized carbons (Fsp3) is 0.286. The molecule has 4 rings (SSSR count). The number of anilines is 1. The zero-order chi connectivity index (χ0) is 21.3. The first-order valence-electron chi connectivity index (χ1n) is 9.44. The summed E-state index contributed by atoms with van der Waals surface area (Å²) in [5.41, 5.74) is 2.69. The summed E-state index contributed by atoms with van der Waals surface area (Å²) in [7, 11) is 0. The molecule has 1 saturated heterocycles. The van der Waals surface area contributed by atoms with E-state index in [-0.39, 0.29) is 11.3 Å². The average Bonchev–Trinajstić information content (AvgIpc) is 3.11. The van der Waals surface area contributed by atoms with Crippen LogP contribution in [0.2, 0.25) is 5.02 Å². The third kappa shape index (κ3) is 4.40. The van der Waals surface area contributed by atoms with Crippen LogP contribution in [-0.4, -0.2) is 48.2 Å². The van der Waals surface area contributed by atoms with Crippen molar-refractivity contribution in [3.8, 4) is 5.75 Å². The van der Waals surface area contributed by atoms with Gasteiger partial charge in [0.15, 0.2) is 5.13 Å². The quantitative estimate of drug-likeness (QED) is 0.634. The van der Waals surface area contributed by atoms with Crippen molar-refractivity contribution in [2.45, 2.75) is 13.8 Å². The van der Waals surface area contributed by atoms with Crippen LogP contribution < -0.4 is 10.1 Å². The molecule has 0 unspecified atom stereocenters. The van der Waals surface area contributed by atoms with Gasteiger partial charge in [-0.2, -0.15) is 0 Å². The lowest BCUT2D eigenvalue weighted by Gasteiger charge is -2.26. The van der Waals surface area contributed by atoms with Crippen LogP contribution in [0.5, 0.6) is 5.75 Å². The van der Waals surface area contributed by atoms with E-state index in [1.54, 1.807) is 17.9 Å². The van der Waals surface area contributed by atoms with Crippen LogP contribution in [0.1, 0.15) is 21.5 Å². The smallest absolute Gasteiger partial charge is 0.409 e. The number of thiazole rings is 1. The maximum atomic E-state index is 13.0. The van der Waals surface area contributed by atoms with E-state index >= 15 is 0 Å². The van der Waals surface area contributed by atoms with Gasteiger partial charge in [-0.3, -0.25) is 10.1 Å². The highest BCUT2D eigenvalue weighted by Gasteiger charge is 2.24. The molecule has 1 aliphatic rings. The molecule has 7 nitrogen and oxygen atoms in total. The lowest BCUT2D eigenvalue weighted by Crippen LogP contribution is -2.42. The summed E-state index contributed by atoms with van der Waals surface area (Å²) in [5, 5.41) is 3.64. The van der Waals surface area contributed by atoms with Gasteiger partial charge in [0, 0.05) is 18.1 Å². The largest absolute Gasteiger partial charge is 0.415 e. The summed E-state index contributed by atoms with van der Waals surface area (Å²) in [6.45, 7) is 5.54. The van der Waals surface area contributed by atoms with Gasteiger partial charge < -0.3 is 14.4 Å². The Morgan fingerprint density at radius 2 is 1.97 bits per heavy atom. The van der Waals surface area contributed by atoms with Gasteiger partial charge in [-0.15, -0.1) is 0 Å². The number of nitrogens with zero attached hydrogens (tertiary/aromatic N) is 2. The first kappa shape index (κ1) is 20.6. The number of aryl methyl sites for hydroxylation is 2. The Kier molecular flexibility index (Phi) is 5.90. The van der Waals surface area contributed by atoms with Gasteiger partial charge in [0.25, 0.3) is 5.91 Å². The van der Waals surface area contributed by atoms with Gasteiger partial charge in [-0.25, -0.2) is 9.78 Å². The molecule has 3 aromatic rings. The Bertz CT molecular complexity index is 1120. The Labute approximate surface area is 182 Å². The Morgan fingerprint density at radius 3 is 2.73 bits per heavy atom. The monoisotopic (exact) mass is 445 g/mol. The van der Waals surface area contributed by atoms with E-state index in [4.69, 9.17) is 21.1 Å².